The van der Waals surface area contributed by atoms with Gasteiger partial charge in [-0.15, -0.1) is 0 Å². The second-order valence-electron chi connectivity index (χ2n) is 9.50. The molecule has 1 aliphatic carbocycles. The molecule has 3 heterocycles. The summed E-state index contributed by atoms with van der Waals surface area (Å²) < 4.78 is 2.61. The molecule has 0 saturated carbocycles. The van der Waals surface area contributed by atoms with Crippen LogP contribution in [0.4, 0.5) is 0 Å². The summed E-state index contributed by atoms with van der Waals surface area (Å²) in [5.74, 6) is 0. The monoisotopic (exact) mass is 384 g/mol. The number of likely N-dealkylation sites (N-methyl/N-ethyl adjacent to an activating group) is 1. The molecule has 5 nitrogen and oxygen atoms in total. The van der Waals surface area contributed by atoms with Crippen molar-refractivity contribution in [2.45, 2.75) is 44.9 Å². The van der Waals surface area contributed by atoms with Gasteiger partial charge >= 0.3 is 0 Å². The molecule has 3 N–H and O–H groups in total. The van der Waals surface area contributed by atoms with Gasteiger partial charge in [0.05, 0.1) is 31.9 Å². The van der Waals surface area contributed by atoms with Gasteiger partial charge in [0.2, 0.25) is 0 Å². The molecular weight excluding hydrogens is 348 g/mol. The SMILES string of the molecule is Cc1ccc2c(c1)c1c3n2CC[NH+](CC(O)C[NH+]2CCN(C)CC2)C3CCC1. The van der Waals surface area contributed by atoms with Crippen molar-refractivity contribution in [3.05, 3.63) is 35.0 Å². The number of hydrogen-bond donors (Lipinski definition) is 3. The van der Waals surface area contributed by atoms with Crippen molar-refractivity contribution in [3.63, 3.8) is 0 Å². The van der Waals surface area contributed by atoms with E-state index in [-0.39, 0.29) is 6.10 Å². The Labute approximate surface area is 168 Å². The molecule has 0 spiro atoms. The summed E-state index contributed by atoms with van der Waals surface area (Å²) in [4.78, 5) is 5.60. The lowest BCUT2D eigenvalue weighted by atomic mass is 9.89. The number of fused-ring (bicyclic) bond motifs is 3. The minimum absolute atomic E-state index is 0.183. The molecule has 2 aromatic rings. The summed E-state index contributed by atoms with van der Waals surface area (Å²) >= 11 is 0. The van der Waals surface area contributed by atoms with E-state index in [9.17, 15) is 5.11 Å². The van der Waals surface area contributed by atoms with E-state index in [2.05, 4.69) is 41.6 Å². The fraction of sp³-hybridized carbons (Fsp3) is 0.652. The van der Waals surface area contributed by atoms with Crippen LogP contribution in [0.25, 0.3) is 10.9 Å². The molecule has 3 unspecified atom stereocenters. The van der Waals surface area contributed by atoms with E-state index in [0.29, 0.717) is 6.04 Å². The van der Waals surface area contributed by atoms with Crippen molar-refractivity contribution in [3.8, 4) is 0 Å². The maximum absolute atomic E-state index is 10.9. The summed E-state index contributed by atoms with van der Waals surface area (Å²) in [6.07, 6.45) is 3.59. The average molecular weight is 385 g/mol. The molecule has 5 heteroatoms. The molecular formula is C23H36N4O+2. The van der Waals surface area contributed by atoms with Gasteiger partial charge in [-0.2, -0.15) is 0 Å². The normalized spacial score (nSPS) is 27.1. The molecule has 3 aliphatic rings. The third kappa shape index (κ3) is 3.28. The first-order valence-electron chi connectivity index (χ1n) is 11.3. The van der Waals surface area contributed by atoms with Crippen molar-refractivity contribution >= 4 is 10.9 Å². The average Bonchev–Trinajstić information content (AvgIpc) is 3.00. The Kier molecular flexibility index (Phi) is 4.95. The van der Waals surface area contributed by atoms with Crippen molar-refractivity contribution in [2.24, 2.45) is 0 Å². The van der Waals surface area contributed by atoms with Gasteiger partial charge in [0.15, 0.2) is 6.10 Å². The molecule has 0 amide bonds. The van der Waals surface area contributed by atoms with Gasteiger partial charge in [-0.25, -0.2) is 0 Å². The summed E-state index contributed by atoms with van der Waals surface area (Å²) in [6.45, 7) is 10.9. The zero-order chi connectivity index (χ0) is 19.3. The highest BCUT2D eigenvalue weighted by Gasteiger charge is 2.39. The Hall–Kier alpha value is -1.40. The van der Waals surface area contributed by atoms with Crippen molar-refractivity contribution < 1.29 is 14.9 Å². The van der Waals surface area contributed by atoms with Crippen molar-refractivity contribution in [1.29, 1.82) is 0 Å². The zero-order valence-electron chi connectivity index (χ0n) is 17.5. The highest BCUT2D eigenvalue weighted by atomic mass is 16.3. The molecule has 28 heavy (non-hydrogen) atoms. The molecule has 0 radical (unpaired) electrons. The Morgan fingerprint density at radius 2 is 1.96 bits per heavy atom. The second-order valence-corrected chi connectivity index (χ2v) is 9.50. The van der Waals surface area contributed by atoms with Crippen LogP contribution in [0.15, 0.2) is 18.2 Å². The summed E-state index contributed by atoms with van der Waals surface area (Å²) in [5, 5.41) is 12.4. The number of nitrogens with one attached hydrogen (secondary N) is 2. The van der Waals surface area contributed by atoms with Crippen molar-refractivity contribution in [1.82, 2.24) is 9.47 Å². The van der Waals surface area contributed by atoms with Gasteiger partial charge in [0.1, 0.15) is 19.1 Å². The predicted molar refractivity (Wildman–Crippen MR) is 112 cm³/mol. The van der Waals surface area contributed by atoms with Crippen LogP contribution in [-0.4, -0.2) is 73.5 Å². The Morgan fingerprint density at radius 1 is 1.14 bits per heavy atom. The first-order chi connectivity index (χ1) is 13.6. The van der Waals surface area contributed by atoms with E-state index in [0.717, 1.165) is 39.3 Å². The number of aromatic nitrogens is 1. The summed E-state index contributed by atoms with van der Waals surface area (Å²) in [5.41, 5.74) is 5.99. The fourth-order valence-corrected chi connectivity index (χ4v) is 6.00. The number of aliphatic hydroxyl groups is 1. The highest BCUT2D eigenvalue weighted by Crippen LogP contribution is 2.37. The number of aryl methyl sites for hydroxylation is 2. The van der Waals surface area contributed by atoms with Crippen LogP contribution in [-0.2, 0) is 13.0 Å². The fourth-order valence-electron chi connectivity index (χ4n) is 6.00. The molecule has 1 aromatic heterocycles. The van der Waals surface area contributed by atoms with Crippen molar-refractivity contribution in [2.75, 3.05) is 52.9 Å². The minimum atomic E-state index is -0.183. The molecule has 1 fully saturated rings. The number of rotatable bonds is 4. The van der Waals surface area contributed by atoms with E-state index in [1.807, 2.05) is 0 Å². The van der Waals surface area contributed by atoms with Crippen LogP contribution < -0.4 is 9.80 Å². The van der Waals surface area contributed by atoms with Gasteiger partial charge in [-0.05, 0) is 44.5 Å². The number of benzene rings is 1. The van der Waals surface area contributed by atoms with Gasteiger partial charge < -0.3 is 19.5 Å². The van der Waals surface area contributed by atoms with Crippen LogP contribution >= 0.6 is 0 Å². The third-order valence-electron chi connectivity index (χ3n) is 7.48. The Balaban J connectivity index is 1.34. The maximum Gasteiger partial charge on any atom is 0.152 e. The number of nitrogens with zero attached hydrogens (tertiary/aromatic N) is 2. The van der Waals surface area contributed by atoms with E-state index < -0.39 is 0 Å². The molecule has 1 saturated heterocycles. The lowest BCUT2D eigenvalue weighted by Gasteiger charge is -2.38. The highest BCUT2D eigenvalue weighted by molar-refractivity contribution is 5.86. The molecule has 1 aromatic carbocycles. The second kappa shape index (κ2) is 7.45. The largest absolute Gasteiger partial charge is 0.382 e. The lowest BCUT2D eigenvalue weighted by molar-refractivity contribution is -0.949. The standard InChI is InChI=1S/C23H34N4O/c1-17-6-7-21-20(14-17)19-4-3-5-22-23(19)27(21)13-12-26(22)16-18(28)15-25-10-8-24(2)9-11-25/h6-7,14,18,22,28H,3-5,8-13,15-16H2,1-2H3/p+2. The topological polar surface area (TPSA) is 37.3 Å². The van der Waals surface area contributed by atoms with Gasteiger partial charge in [0.25, 0.3) is 0 Å². The number of hydrogen-bond acceptors (Lipinski definition) is 2. The Morgan fingerprint density at radius 3 is 2.79 bits per heavy atom. The van der Waals surface area contributed by atoms with Gasteiger partial charge in [-0.1, -0.05) is 11.6 Å². The molecule has 3 atom stereocenters. The van der Waals surface area contributed by atoms with Crippen LogP contribution in [0.1, 0.15) is 35.7 Å². The van der Waals surface area contributed by atoms with E-state index in [1.165, 1.54) is 48.8 Å². The minimum Gasteiger partial charge on any atom is -0.382 e. The van der Waals surface area contributed by atoms with E-state index in [4.69, 9.17) is 0 Å². The summed E-state index contributed by atoms with van der Waals surface area (Å²) in [7, 11) is 2.20. The molecule has 5 rings (SSSR count). The van der Waals surface area contributed by atoms with Crippen LogP contribution in [0.5, 0.6) is 0 Å². The van der Waals surface area contributed by atoms with Crippen LogP contribution in [0.3, 0.4) is 0 Å². The predicted octanol–water partition coefficient (Wildman–Crippen LogP) is -0.583. The molecule has 0 bridgehead atoms. The lowest BCUT2D eigenvalue weighted by Crippen LogP contribution is -3.18. The zero-order valence-corrected chi connectivity index (χ0v) is 17.5. The number of piperazine rings is 1. The maximum atomic E-state index is 10.9. The molecule has 2 aliphatic heterocycles. The van der Waals surface area contributed by atoms with E-state index >= 15 is 0 Å². The first kappa shape index (κ1) is 18.6. The first-order valence-corrected chi connectivity index (χ1v) is 11.3. The van der Waals surface area contributed by atoms with Crippen LogP contribution in [0, 0.1) is 6.92 Å². The van der Waals surface area contributed by atoms with E-state index in [1.54, 1.807) is 21.1 Å². The quantitative estimate of drug-likeness (QED) is 0.660. The van der Waals surface area contributed by atoms with Crippen LogP contribution in [0.2, 0.25) is 0 Å². The Bertz CT molecular complexity index is 852. The van der Waals surface area contributed by atoms with Gasteiger partial charge in [0, 0.05) is 30.4 Å². The summed E-state index contributed by atoms with van der Waals surface area (Å²) in [6, 6.07) is 7.55. The smallest absolute Gasteiger partial charge is 0.152 e. The number of quaternary nitrogens is 2. The third-order valence-corrected chi connectivity index (χ3v) is 7.48. The molecule has 152 valence electrons. The number of aliphatic hydroxyl groups excluding tert-OH is 1. The van der Waals surface area contributed by atoms with Gasteiger partial charge in [-0.3, -0.25) is 4.90 Å².